The van der Waals surface area contributed by atoms with Crippen LogP contribution >= 0.6 is 11.8 Å². The minimum Gasteiger partial charge on any atom is -0.481 e. The fourth-order valence-electron chi connectivity index (χ4n) is 2.10. The quantitative estimate of drug-likeness (QED) is 0.450. The zero-order valence-electron chi connectivity index (χ0n) is 14.1. The molecule has 0 fully saturated rings. The highest BCUT2D eigenvalue weighted by molar-refractivity contribution is 7.99. The zero-order chi connectivity index (χ0) is 19.1. The smallest absolute Gasteiger partial charge is 0.303 e. The van der Waals surface area contributed by atoms with E-state index in [1.54, 1.807) is 6.07 Å². The van der Waals surface area contributed by atoms with Gasteiger partial charge in [0.05, 0.1) is 12.2 Å². The van der Waals surface area contributed by atoms with Crippen molar-refractivity contribution in [1.82, 2.24) is 14.9 Å². The normalized spacial score (nSPS) is 10.5. The maximum atomic E-state index is 12.1. The Kier molecular flexibility index (Phi) is 6.73. The number of anilines is 1. The topological polar surface area (TPSA) is 140 Å². The monoisotopic (exact) mass is 377 g/mol. The number of carboxylic acids is 1. The first kappa shape index (κ1) is 19.4. The lowest BCUT2D eigenvalue weighted by Crippen LogP contribution is -2.34. The van der Waals surface area contributed by atoms with Crippen LogP contribution in [0.25, 0.3) is 0 Å². The Balaban J connectivity index is 1.98. The molecule has 0 saturated heterocycles. The van der Waals surface area contributed by atoms with E-state index in [4.69, 9.17) is 10.9 Å². The summed E-state index contributed by atoms with van der Waals surface area (Å²) in [5, 5.41) is 19.0. The van der Waals surface area contributed by atoms with Gasteiger partial charge >= 0.3 is 5.97 Å². The average molecular weight is 377 g/mol. The molecule has 0 radical (unpaired) electrons. The van der Waals surface area contributed by atoms with Crippen molar-refractivity contribution in [3.8, 4) is 0 Å². The minimum atomic E-state index is -1.04. The summed E-state index contributed by atoms with van der Waals surface area (Å²) in [5.74, 6) is 4.35. The summed E-state index contributed by atoms with van der Waals surface area (Å²) in [5.41, 5.74) is 1.14. The van der Waals surface area contributed by atoms with Crippen LogP contribution < -0.4 is 16.7 Å². The molecule has 4 N–H and O–H groups in total. The third kappa shape index (κ3) is 5.31. The zero-order valence-corrected chi connectivity index (χ0v) is 15.0. The van der Waals surface area contributed by atoms with Gasteiger partial charge in [0.15, 0.2) is 0 Å². The second kappa shape index (κ2) is 8.99. The van der Waals surface area contributed by atoms with Crippen LogP contribution in [0.3, 0.4) is 0 Å². The number of aryl methyl sites for hydroxylation is 2. The van der Waals surface area contributed by atoms with Crippen molar-refractivity contribution in [3.63, 3.8) is 0 Å². The van der Waals surface area contributed by atoms with Crippen LogP contribution in [-0.4, -0.2) is 37.6 Å². The Morgan fingerprint density at radius 2 is 2.12 bits per heavy atom. The predicted octanol–water partition coefficient (Wildman–Crippen LogP) is 0.663. The lowest BCUT2D eigenvalue weighted by molar-refractivity contribution is -0.137. The number of nitrogen functional groups attached to an aromatic ring is 1. The molecular formula is C16H19N5O4S. The molecule has 1 amide bonds. The third-order valence-electron chi connectivity index (χ3n) is 3.46. The van der Waals surface area contributed by atoms with E-state index in [9.17, 15) is 14.4 Å². The number of nitrogens with zero attached hydrogens (tertiary/aromatic N) is 3. The fourth-order valence-corrected chi connectivity index (χ4v) is 2.75. The molecule has 1 aromatic carbocycles. The summed E-state index contributed by atoms with van der Waals surface area (Å²) in [4.78, 5) is 34.7. The second-order valence-electron chi connectivity index (χ2n) is 5.39. The van der Waals surface area contributed by atoms with E-state index >= 15 is 0 Å². The molecule has 2 rings (SSSR count). The van der Waals surface area contributed by atoms with Gasteiger partial charge in [-0.25, -0.2) is 0 Å². The molecule has 0 aliphatic heterocycles. The Morgan fingerprint density at radius 3 is 2.81 bits per heavy atom. The van der Waals surface area contributed by atoms with Gasteiger partial charge in [0, 0.05) is 12.1 Å². The summed E-state index contributed by atoms with van der Waals surface area (Å²) in [7, 11) is 0. The van der Waals surface area contributed by atoms with E-state index in [0.29, 0.717) is 5.69 Å². The number of aromatic nitrogens is 3. The fraction of sp³-hybridized carbons (Fsp3) is 0.312. The molecule has 2 aromatic rings. The van der Waals surface area contributed by atoms with Crippen LogP contribution in [0.1, 0.15) is 24.6 Å². The van der Waals surface area contributed by atoms with Crippen molar-refractivity contribution in [1.29, 1.82) is 0 Å². The molecule has 0 aliphatic rings. The van der Waals surface area contributed by atoms with E-state index < -0.39 is 11.5 Å². The molecule has 138 valence electrons. The summed E-state index contributed by atoms with van der Waals surface area (Å²) < 4.78 is 0.778. The molecule has 0 spiro atoms. The highest BCUT2D eigenvalue weighted by Crippen LogP contribution is 2.14. The number of carbonyl (C=O) groups is 2. The van der Waals surface area contributed by atoms with Gasteiger partial charge in [-0.2, -0.15) is 4.68 Å². The number of nitrogens with one attached hydrogen (secondary N) is 1. The van der Waals surface area contributed by atoms with E-state index in [1.807, 2.05) is 25.1 Å². The van der Waals surface area contributed by atoms with Gasteiger partial charge in [-0.1, -0.05) is 30.8 Å². The Hall–Kier alpha value is -2.88. The molecule has 0 aliphatic carbocycles. The highest BCUT2D eigenvalue weighted by atomic mass is 32.2. The lowest BCUT2D eigenvalue weighted by Gasteiger charge is -2.08. The van der Waals surface area contributed by atoms with Crippen LogP contribution in [0.15, 0.2) is 34.2 Å². The maximum Gasteiger partial charge on any atom is 0.303 e. The van der Waals surface area contributed by atoms with Gasteiger partial charge in [0.2, 0.25) is 11.1 Å². The number of amides is 1. The number of rotatable bonds is 8. The van der Waals surface area contributed by atoms with Crippen molar-refractivity contribution in [2.45, 2.75) is 31.3 Å². The number of aliphatic carboxylic acids is 1. The number of carbonyl (C=O) groups excluding carboxylic acids is 1. The van der Waals surface area contributed by atoms with Crippen LogP contribution in [0.4, 0.5) is 5.69 Å². The lowest BCUT2D eigenvalue weighted by atomic mass is 10.1. The molecule has 1 aromatic heterocycles. The summed E-state index contributed by atoms with van der Waals surface area (Å²) >= 11 is 0.968. The van der Waals surface area contributed by atoms with Crippen LogP contribution in [0, 0.1) is 0 Å². The van der Waals surface area contributed by atoms with Gasteiger partial charge in [-0.3, -0.25) is 14.4 Å². The van der Waals surface area contributed by atoms with E-state index in [1.165, 1.54) is 0 Å². The summed E-state index contributed by atoms with van der Waals surface area (Å²) in [6.45, 7) is 2.02. The van der Waals surface area contributed by atoms with Crippen LogP contribution in [0.5, 0.6) is 0 Å². The molecule has 10 heteroatoms. The number of hydrogen-bond donors (Lipinski definition) is 3. The Morgan fingerprint density at radius 1 is 1.35 bits per heavy atom. The van der Waals surface area contributed by atoms with E-state index in [0.717, 1.165) is 28.4 Å². The van der Waals surface area contributed by atoms with Crippen molar-refractivity contribution in [2.75, 3.05) is 16.9 Å². The molecule has 0 atom stereocenters. The summed E-state index contributed by atoms with van der Waals surface area (Å²) in [6.07, 6.45) is 0.564. The average Bonchev–Trinajstić information content (AvgIpc) is 2.62. The number of thioether (sulfide) groups is 1. The molecule has 26 heavy (non-hydrogen) atoms. The molecule has 0 bridgehead atoms. The Labute approximate surface area is 153 Å². The van der Waals surface area contributed by atoms with Gasteiger partial charge in [0.25, 0.3) is 5.56 Å². The first-order valence-electron chi connectivity index (χ1n) is 7.87. The maximum absolute atomic E-state index is 12.1. The first-order chi connectivity index (χ1) is 12.4. The number of nitrogens with two attached hydrogens (primary N) is 1. The summed E-state index contributed by atoms with van der Waals surface area (Å²) in [6, 6.07) is 7.51. The largest absolute Gasteiger partial charge is 0.481 e. The van der Waals surface area contributed by atoms with Crippen molar-refractivity contribution in [2.24, 2.45) is 0 Å². The van der Waals surface area contributed by atoms with E-state index in [2.05, 4.69) is 15.5 Å². The molecule has 0 saturated carbocycles. The van der Waals surface area contributed by atoms with Gasteiger partial charge in [-0.05, 0) is 24.1 Å². The first-order valence-corrected chi connectivity index (χ1v) is 8.86. The van der Waals surface area contributed by atoms with Gasteiger partial charge < -0.3 is 16.3 Å². The second-order valence-corrected chi connectivity index (χ2v) is 6.33. The van der Waals surface area contributed by atoms with Crippen LogP contribution in [-0.2, 0) is 22.4 Å². The molecular weight excluding hydrogens is 358 g/mol. The van der Waals surface area contributed by atoms with Gasteiger partial charge in [-0.15, -0.1) is 10.2 Å². The number of hydrogen-bond acceptors (Lipinski definition) is 7. The van der Waals surface area contributed by atoms with Crippen molar-refractivity contribution in [3.05, 3.63) is 45.9 Å². The molecule has 1 heterocycles. The highest BCUT2D eigenvalue weighted by Gasteiger charge is 2.13. The number of benzene rings is 1. The Bertz CT molecular complexity index is 868. The van der Waals surface area contributed by atoms with E-state index in [-0.39, 0.29) is 35.4 Å². The standard InChI is InChI=1S/C16H19N5O4S/c1-2-10-4-3-5-11(8-10)18-13(22)9-26-16-20-19-12(6-7-14(23)24)15(25)21(16)17/h3-5,8H,2,6-7,9,17H2,1H3,(H,18,22)(H,23,24). The molecule has 9 nitrogen and oxygen atoms in total. The molecule has 0 unspecified atom stereocenters. The van der Waals surface area contributed by atoms with Crippen molar-refractivity contribution < 1.29 is 14.7 Å². The van der Waals surface area contributed by atoms with Crippen LogP contribution in [0.2, 0.25) is 0 Å². The number of carboxylic acid groups (broad SMARTS) is 1. The third-order valence-corrected chi connectivity index (χ3v) is 4.40. The van der Waals surface area contributed by atoms with Crippen molar-refractivity contribution >= 4 is 29.3 Å². The van der Waals surface area contributed by atoms with Gasteiger partial charge in [0.1, 0.15) is 5.69 Å². The minimum absolute atomic E-state index is 0.00382. The SMILES string of the molecule is CCc1cccc(NC(=O)CSc2nnc(CCC(=O)O)c(=O)n2N)c1. The predicted molar refractivity (Wildman–Crippen MR) is 97.6 cm³/mol.